The lowest BCUT2D eigenvalue weighted by molar-refractivity contribution is -0.138. The summed E-state index contributed by atoms with van der Waals surface area (Å²) in [7, 11) is 0. The van der Waals surface area contributed by atoms with Crippen molar-refractivity contribution in [1.29, 1.82) is 0 Å². The van der Waals surface area contributed by atoms with Crippen molar-refractivity contribution in [2.45, 2.75) is 12.7 Å². The molecule has 0 bridgehead atoms. The lowest BCUT2D eigenvalue weighted by Crippen LogP contribution is -2.07. The Labute approximate surface area is 84.9 Å². The summed E-state index contributed by atoms with van der Waals surface area (Å²) in [6.07, 6.45) is -4.53. The zero-order valence-corrected chi connectivity index (χ0v) is 7.82. The normalized spacial score (nSPS) is 10.9. The summed E-state index contributed by atoms with van der Waals surface area (Å²) < 4.78 is 36.5. The average molecular weight is 228 g/mol. The molecule has 0 atom stereocenters. The largest absolute Gasteiger partial charge is 0.507 e. The van der Waals surface area contributed by atoms with Crippen LogP contribution in [0.15, 0.2) is 18.2 Å². The molecule has 0 aliphatic rings. The Morgan fingerprint density at radius 3 is 2.29 bits per heavy atom. The number of aromatic hydroxyl groups is 1. The number of hydrogen-bond donors (Lipinski definition) is 2. The summed E-state index contributed by atoms with van der Waals surface area (Å²) in [4.78, 5) is 0. The van der Waals surface area contributed by atoms with E-state index < -0.39 is 17.5 Å². The van der Waals surface area contributed by atoms with Crippen molar-refractivity contribution in [3.63, 3.8) is 0 Å². The maximum Gasteiger partial charge on any atom is 0.419 e. The first kappa shape index (κ1) is 13.1. The Morgan fingerprint density at radius 1 is 1.29 bits per heavy atom. The summed E-state index contributed by atoms with van der Waals surface area (Å²) in [5.41, 5.74) is 4.46. The van der Waals surface area contributed by atoms with Crippen LogP contribution in [0.25, 0.3) is 0 Å². The fourth-order valence-corrected chi connectivity index (χ4v) is 0.937. The second-order valence-corrected chi connectivity index (χ2v) is 2.55. The highest BCUT2D eigenvalue weighted by Crippen LogP contribution is 2.35. The van der Waals surface area contributed by atoms with Gasteiger partial charge in [0.15, 0.2) is 0 Å². The Morgan fingerprint density at radius 2 is 1.86 bits per heavy atom. The minimum atomic E-state index is -4.53. The van der Waals surface area contributed by atoms with Gasteiger partial charge in [-0.15, -0.1) is 12.4 Å². The molecule has 80 valence electrons. The van der Waals surface area contributed by atoms with E-state index in [1.807, 2.05) is 0 Å². The number of nitrogens with two attached hydrogens (primary N) is 1. The van der Waals surface area contributed by atoms with Gasteiger partial charge in [-0.25, -0.2) is 0 Å². The first-order valence-corrected chi connectivity index (χ1v) is 3.54. The molecule has 0 aliphatic heterocycles. The molecule has 0 saturated carbocycles. The van der Waals surface area contributed by atoms with Crippen LogP contribution in [0, 0.1) is 0 Å². The van der Waals surface area contributed by atoms with Crippen LogP contribution in [0.4, 0.5) is 13.2 Å². The van der Waals surface area contributed by atoms with Gasteiger partial charge in [-0.05, 0) is 17.7 Å². The zero-order chi connectivity index (χ0) is 10.1. The first-order valence-electron chi connectivity index (χ1n) is 3.54. The number of halogens is 4. The molecule has 1 rings (SSSR count). The Bertz CT molecular complexity index is 314. The summed E-state index contributed by atoms with van der Waals surface area (Å²) in [5.74, 6) is -0.773. The summed E-state index contributed by atoms with van der Waals surface area (Å²) in [5, 5.41) is 8.91. The SMILES string of the molecule is Cl.NCc1ccc(O)c(C(F)(F)F)c1. The predicted molar refractivity (Wildman–Crippen MR) is 48.2 cm³/mol. The van der Waals surface area contributed by atoms with Crippen molar-refractivity contribution in [2.24, 2.45) is 5.73 Å². The van der Waals surface area contributed by atoms with Crippen LogP contribution in [0.5, 0.6) is 5.75 Å². The van der Waals surface area contributed by atoms with Crippen molar-refractivity contribution >= 4 is 12.4 Å². The highest BCUT2D eigenvalue weighted by molar-refractivity contribution is 5.85. The van der Waals surface area contributed by atoms with E-state index >= 15 is 0 Å². The van der Waals surface area contributed by atoms with Crippen LogP contribution >= 0.6 is 12.4 Å². The van der Waals surface area contributed by atoms with Crippen molar-refractivity contribution in [3.8, 4) is 5.75 Å². The molecule has 0 heterocycles. The molecule has 0 amide bonds. The van der Waals surface area contributed by atoms with Gasteiger partial charge in [-0.3, -0.25) is 0 Å². The van der Waals surface area contributed by atoms with Gasteiger partial charge >= 0.3 is 6.18 Å². The van der Waals surface area contributed by atoms with Crippen LogP contribution < -0.4 is 5.73 Å². The third-order valence-electron chi connectivity index (χ3n) is 1.60. The minimum Gasteiger partial charge on any atom is -0.507 e. The third-order valence-corrected chi connectivity index (χ3v) is 1.60. The molecule has 3 N–H and O–H groups in total. The van der Waals surface area contributed by atoms with Gasteiger partial charge in [0.2, 0.25) is 0 Å². The van der Waals surface area contributed by atoms with Crippen molar-refractivity contribution < 1.29 is 18.3 Å². The monoisotopic (exact) mass is 227 g/mol. The standard InChI is InChI=1S/C8H8F3NO.ClH/c9-8(10,11)6-3-5(4-12)1-2-7(6)13;/h1-3,13H,4,12H2;1H. The molecule has 0 fully saturated rings. The molecular weight excluding hydrogens is 219 g/mol. The maximum atomic E-state index is 12.2. The highest BCUT2D eigenvalue weighted by atomic mass is 35.5. The molecule has 6 heteroatoms. The van der Waals surface area contributed by atoms with Crippen molar-refractivity contribution in [1.82, 2.24) is 0 Å². The molecular formula is C8H9ClF3NO. The second kappa shape index (κ2) is 4.52. The minimum absolute atomic E-state index is 0. The summed E-state index contributed by atoms with van der Waals surface area (Å²) >= 11 is 0. The summed E-state index contributed by atoms with van der Waals surface area (Å²) in [6, 6.07) is 3.19. The maximum absolute atomic E-state index is 12.2. The van der Waals surface area contributed by atoms with E-state index in [0.29, 0.717) is 5.56 Å². The molecule has 14 heavy (non-hydrogen) atoms. The van der Waals surface area contributed by atoms with Gasteiger partial charge in [0, 0.05) is 6.54 Å². The van der Waals surface area contributed by atoms with E-state index in [0.717, 1.165) is 12.1 Å². The lowest BCUT2D eigenvalue weighted by Gasteiger charge is -2.09. The summed E-state index contributed by atoms with van der Waals surface area (Å²) in [6.45, 7) is 0.0172. The highest BCUT2D eigenvalue weighted by Gasteiger charge is 2.33. The van der Waals surface area contributed by atoms with E-state index in [2.05, 4.69) is 0 Å². The third kappa shape index (κ3) is 2.78. The second-order valence-electron chi connectivity index (χ2n) is 2.55. The smallest absolute Gasteiger partial charge is 0.419 e. The Balaban J connectivity index is 0.00000169. The number of phenolic OH excluding ortho intramolecular Hbond substituents is 1. The van der Waals surface area contributed by atoms with E-state index in [-0.39, 0.29) is 19.0 Å². The molecule has 0 aliphatic carbocycles. The van der Waals surface area contributed by atoms with Crippen LogP contribution in [-0.4, -0.2) is 5.11 Å². The number of alkyl halides is 3. The zero-order valence-electron chi connectivity index (χ0n) is 7.01. The van der Waals surface area contributed by atoms with E-state index in [1.54, 1.807) is 0 Å². The quantitative estimate of drug-likeness (QED) is 0.773. The molecule has 2 nitrogen and oxygen atoms in total. The van der Waals surface area contributed by atoms with Gasteiger partial charge in [-0.1, -0.05) is 6.07 Å². The first-order chi connectivity index (χ1) is 5.95. The fourth-order valence-electron chi connectivity index (χ4n) is 0.937. The number of benzene rings is 1. The average Bonchev–Trinajstić information content (AvgIpc) is 2.03. The Hall–Kier alpha value is -0.940. The van der Waals surface area contributed by atoms with Gasteiger partial charge < -0.3 is 10.8 Å². The number of phenols is 1. The topological polar surface area (TPSA) is 46.2 Å². The lowest BCUT2D eigenvalue weighted by atomic mass is 10.1. The van der Waals surface area contributed by atoms with Crippen LogP contribution in [0.3, 0.4) is 0 Å². The van der Waals surface area contributed by atoms with Gasteiger partial charge in [0.25, 0.3) is 0 Å². The number of hydrogen-bond acceptors (Lipinski definition) is 2. The van der Waals surface area contributed by atoms with Crippen molar-refractivity contribution in [3.05, 3.63) is 29.3 Å². The van der Waals surface area contributed by atoms with Crippen molar-refractivity contribution in [2.75, 3.05) is 0 Å². The van der Waals surface area contributed by atoms with Crippen LogP contribution in [0.1, 0.15) is 11.1 Å². The fraction of sp³-hybridized carbons (Fsp3) is 0.250. The molecule has 0 aromatic heterocycles. The van der Waals surface area contributed by atoms with Crippen LogP contribution in [0.2, 0.25) is 0 Å². The molecule has 1 aromatic carbocycles. The van der Waals surface area contributed by atoms with Gasteiger partial charge in [0.1, 0.15) is 5.75 Å². The predicted octanol–water partition coefficient (Wildman–Crippen LogP) is 2.29. The molecule has 1 aromatic rings. The van der Waals surface area contributed by atoms with Gasteiger partial charge in [0.05, 0.1) is 5.56 Å². The number of rotatable bonds is 1. The molecule has 0 radical (unpaired) electrons. The Kier molecular flexibility index (Phi) is 4.22. The van der Waals surface area contributed by atoms with E-state index in [4.69, 9.17) is 10.8 Å². The van der Waals surface area contributed by atoms with Gasteiger partial charge in [-0.2, -0.15) is 13.2 Å². The van der Waals surface area contributed by atoms with Crippen LogP contribution in [-0.2, 0) is 12.7 Å². The molecule has 0 unspecified atom stereocenters. The van der Waals surface area contributed by atoms with E-state index in [9.17, 15) is 13.2 Å². The van der Waals surface area contributed by atoms with E-state index in [1.165, 1.54) is 6.07 Å². The molecule has 0 spiro atoms. The molecule has 0 saturated heterocycles.